The molecule has 1 fully saturated rings. The predicted molar refractivity (Wildman–Crippen MR) is 107 cm³/mol. The minimum absolute atomic E-state index is 0.0856. The third-order valence-corrected chi connectivity index (χ3v) is 4.51. The number of amides is 2. The third kappa shape index (κ3) is 3.55. The first-order chi connectivity index (χ1) is 12.5. The van der Waals surface area contributed by atoms with Crippen LogP contribution in [0.5, 0.6) is 0 Å². The van der Waals surface area contributed by atoms with Crippen LogP contribution in [0, 0.1) is 12.8 Å². The van der Waals surface area contributed by atoms with E-state index in [1.165, 1.54) is 11.1 Å². The van der Waals surface area contributed by atoms with Crippen molar-refractivity contribution in [1.29, 1.82) is 0 Å². The lowest BCUT2D eigenvalue weighted by Crippen LogP contribution is -2.58. The van der Waals surface area contributed by atoms with Crippen molar-refractivity contribution in [2.75, 3.05) is 4.90 Å². The molecule has 1 N–H and O–H groups in total. The summed E-state index contributed by atoms with van der Waals surface area (Å²) >= 11 is 5.19. The van der Waals surface area contributed by atoms with E-state index in [4.69, 9.17) is 12.2 Å². The molecule has 0 aliphatic carbocycles. The van der Waals surface area contributed by atoms with Crippen LogP contribution in [0.3, 0.4) is 0 Å². The summed E-state index contributed by atoms with van der Waals surface area (Å²) in [7, 11) is 0. The Labute approximate surface area is 157 Å². The topological polar surface area (TPSA) is 61.8 Å². The van der Waals surface area contributed by atoms with Crippen LogP contribution in [0.4, 0.5) is 11.4 Å². The maximum Gasteiger partial charge on any atom is 0.251 e. The molecular formula is C20H19N3O2S. The Kier molecular flexibility index (Phi) is 5.23. The Hall–Kier alpha value is -2.86. The maximum atomic E-state index is 12.9. The summed E-state index contributed by atoms with van der Waals surface area (Å²) in [5.41, 5.74) is 3.50. The van der Waals surface area contributed by atoms with Gasteiger partial charge in [-0.15, -0.1) is 0 Å². The molecule has 0 aromatic heterocycles. The molecule has 1 atom stereocenters. The summed E-state index contributed by atoms with van der Waals surface area (Å²) in [6.45, 7) is 3.99. The number of benzene rings is 2. The van der Waals surface area contributed by atoms with Crippen LogP contribution in [0.15, 0.2) is 53.5 Å². The number of nitrogens with zero attached hydrogens (tertiary/aromatic N) is 2. The number of hydrogen-bond acceptors (Lipinski definition) is 4. The highest BCUT2D eigenvalue weighted by Crippen LogP contribution is 2.23. The average Bonchev–Trinajstić information content (AvgIpc) is 2.63. The highest BCUT2D eigenvalue weighted by atomic mass is 32.1. The van der Waals surface area contributed by atoms with Crippen molar-refractivity contribution in [2.24, 2.45) is 10.9 Å². The zero-order valence-corrected chi connectivity index (χ0v) is 15.4. The van der Waals surface area contributed by atoms with E-state index >= 15 is 0 Å². The highest BCUT2D eigenvalue weighted by molar-refractivity contribution is 7.80. The Morgan fingerprint density at radius 2 is 1.85 bits per heavy atom. The van der Waals surface area contributed by atoms with Crippen molar-refractivity contribution in [3.63, 3.8) is 0 Å². The molecular weight excluding hydrogens is 346 g/mol. The summed E-state index contributed by atoms with van der Waals surface area (Å²) in [4.78, 5) is 30.9. The van der Waals surface area contributed by atoms with Crippen LogP contribution in [0.1, 0.15) is 18.1 Å². The van der Waals surface area contributed by atoms with Gasteiger partial charge in [0.15, 0.2) is 11.0 Å². The number of hydrogen-bond donors (Lipinski definition) is 1. The van der Waals surface area contributed by atoms with Gasteiger partial charge < -0.3 is 5.32 Å². The Morgan fingerprint density at radius 1 is 1.15 bits per heavy atom. The average molecular weight is 365 g/mol. The predicted octanol–water partition coefficient (Wildman–Crippen LogP) is 3.32. The Bertz CT molecular complexity index is 890. The molecule has 0 saturated carbocycles. The highest BCUT2D eigenvalue weighted by Gasteiger charge is 2.38. The molecule has 2 amide bonds. The van der Waals surface area contributed by atoms with Crippen LogP contribution in [0.25, 0.3) is 0 Å². The number of thiocarbonyl (C=S) groups is 1. The van der Waals surface area contributed by atoms with Crippen molar-refractivity contribution in [1.82, 2.24) is 5.32 Å². The number of nitrogens with one attached hydrogen (secondary N) is 1. The van der Waals surface area contributed by atoms with Crippen LogP contribution >= 0.6 is 12.2 Å². The van der Waals surface area contributed by atoms with E-state index in [1.54, 1.807) is 12.1 Å². The molecule has 1 aliphatic rings. The van der Waals surface area contributed by atoms with E-state index in [0.717, 1.165) is 23.2 Å². The summed E-state index contributed by atoms with van der Waals surface area (Å²) in [5.74, 6) is -1.88. The number of aryl methyl sites for hydroxylation is 2. The molecule has 3 rings (SSSR count). The molecule has 0 unspecified atom stereocenters. The summed E-state index contributed by atoms with van der Waals surface area (Å²) < 4.78 is 0. The SMILES string of the molecule is CCc1ccccc1N=C[C@@H]1C(=O)NC(=S)N(c2ccc(C)cc2)C1=O. The fourth-order valence-corrected chi connectivity index (χ4v) is 3.05. The molecule has 132 valence electrons. The van der Waals surface area contributed by atoms with Crippen LogP contribution < -0.4 is 10.2 Å². The van der Waals surface area contributed by atoms with Crippen molar-refractivity contribution in [3.8, 4) is 0 Å². The van der Waals surface area contributed by atoms with Gasteiger partial charge >= 0.3 is 0 Å². The van der Waals surface area contributed by atoms with Gasteiger partial charge in [-0.3, -0.25) is 19.5 Å². The molecule has 2 aromatic carbocycles. The number of rotatable bonds is 4. The van der Waals surface area contributed by atoms with Crippen molar-refractivity contribution >= 4 is 46.7 Å². The number of carbonyl (C=O) groups is 2. The van der Waals surface area contributed by atoms with Crippen molar-refractivity contribution in [3.05, 3.63) is 59.7 Å². The first-order valence-electron chi connectivity index (χ1n) is 8.39. The van der Waals surface area contributed by atoms with Crippen LogP contribution in [-0.2, 0) is 16.0 Å². The molecule has 0 radical (unpaired) electrons. The molecule has 6 heteroatoms. The lowest BCUT2D eigenvalue weighted by atomic mass is 10.1. The molecule has 5 nitrogen and oxygen atoms in total. The second-order valence-corrected chi connectivity index (χ2v) is 6.43. The van der Waals surface area contributed by atoms with Crippen LogP contribution in [0.2, 0.25) is 0 Å². The van der Waals surface area contributed by atoms with Gasteiger partial charge in [0, 0.05) is 6.21 Å². The van der Waals surface area contributed by atoms with Crippen molar-refractivity contribution < 1.29 is 9.59 Å². The number of para-hydroxylation sites is 1. The summed E-state index contributed by atoms with van der Waals surface area (Å²) in [6, 6.07) is 15.0. The number of aliphatic imine (C=N–C) groups is 1. The quantitative estimate of drug-likeness (QED) is 0.514. The standard InChI is InChI=1S/C20H19N3O2S/c1-3-14-6-4-5-7-17(14)21-12-16-18(24)22-20(26)23(19(16)25)15-10-8-13(2)9-11-15/h4-12,16H,3H2,1-2H3,(H,22,24,26)/t16-/m1/s1. The first-order valence-corrected chi connectivity index (χ1v) is 8.79. The van der Waals surface area contributed by atoms with E-state index < -0.39 is 17.7 Å². The van der Waals surface area contributed by atoms with E-state index in [9.17, 15) is 9.59 Å². The molecule has 1 heterocycles. The number of anilines is 1. The van der Waals surface area contributed by atoms with Gasteiger partial charge in [0.1, 0.15) is 0 Å². The monoisotopic (exact) mass is 365 g/mol. The first kappa shape index (κ1) is 17.9. The Balaban J connectivity index is 1.90. The molecule has 1 aliphatic heterocycles. The minimum Gasteiger partial charge on any atom is -0.301 e. The zero-order valence-electron chi connectivity index (χ0n) is 14.6. The van der Waals surface area contributed by atoms with E-state index in [1.807, 2.05) is 50.2 Å². The lowest BCUT2D eigenvalue weighted by molar-refractivity contribution is -0.130. The van der Waals surface area contributed by atoms with E-state index in [-0.39, 0.29) is 5.11 Å². The smallest absolute Gasteiger partial charge is 0.251 e. The number of carbonyl (C=O) groups excluding carboxylic acids is 2. The van der Waals surface area contributed by atoms with Gasteiger partial charge in [-0.1, -0.05) is 42.8 Å². The largest absolute Gasteiger partial charge is 0.301 e. The van der Waals surface area contributed by atoms with Crippen molar-refractivity contribution in [2.45, 2.75) is 20.3 Å². The summed E-state index contributed by atoms with van der Waals surface area (Å²) in [5, 5.41) is 2.68. The lowest BCUT2D eigenvalue weighted by Gasteiger charge is -2.31. The van der Waals surface area contributed by atoms with E-state index in [0.29, 0.717) is 5.69 Å². The third-order valence-electron chi connectivity index (χ3n) is 4.23. The molecule has 1 saturated heterocycles. The fraction of sp³-hybridized carbons (Fsp3) is 0.200. The zero-order chi connectivity index (χ0) is 18.7. The normalized spacial score (nSPS) is 17.7. The van der Waals surface area contributed by atoms with Gasteiger partial charge in [0.05, 0.1) is 11.4 Å². The van der Waals surface area contributed by atoms with E-state index in [2.05, 4.69) is 10.3 Å². The molecule has 26 heavy (non-hydrogen) atoms. The fourth-order valence-electron chi connectivity index (χ4n) is 2.75. The molecule has 0 spiro atoms. The van der Waals surface area contributed by atoms with Gasteiger partial charge in [-0.05, 0) is 49.3 Å². The molecule has 0 bridgehead atoms. The maximum absolute atomic E-state index is 12.9. The van der Waals surface area contributed by atoms with Gasteiger partial charge in [-0.25, -0.2) is 0 Å². The van der Waals surface area contributed by atoms with Gasteiger partial charge in [0.2, 0.25) is 5.91 Å². The second kappa shape index (κ2) is 7.58. The van der Waals surface area contributed by atoms with Gasteiger partial charge in [-0.2, -0.15) is 0 Å². The van der Waals surface area contributed by atoms with Gasteiger partial charge in [0.25, 0.3) is 5.91 Å². The molecule has 2 aromatic rings. The minimum atomic E-state index is -1.02. The Morgan fingerprint density at radius 3 is 2.54 bits per heavy atom. The summed E-state index contributed by atoms with van der Waals surface area (Å²) in [6.07, 6.45) is 2.22. The van der Waals surface area contributed by atoms with Crippen LogP contribution in [-0.4, -0.2) is 23.1 Å². The second-order valence-electron chi connectivity index (χ2n) is 6.04.